The summed E-state index contributed by atoms with van der Waals surface area (Å²) in [5.74, 6) is 0. The third-order valence-electron chi connectivity index (χ3n) is 3.44. The average Bonchev–Trinajstić information content (AvgIpc) is 2.27. The lowest BCUT2D eigenvalue weighted by Gasteiger charge is -2.36. The Morgan fingerprint density at radius 2 is 2.19 bits per heavy atom. The predicted octanol–water partition coefficient (Wildman–Crippen LogP) is 2.81. The molecule has 0 aromatic carbocycles. The molecule has 0 aromatic rings. The lowest BCUT2D eigenvalue weighted by Crippen LogP contribution is -2.47. The van der Waals surface area contributed by atoms with Crippen LogP contribution in [0.15, 0.2) is 12.2 Å². The second-order valence-corrected chi connectivity index (χ2v) is 5.29. The van der Waals surface area contributed by atoms with E-state index in [2.05, 4.69) is 37.6 Å². The molecule has 1 atom stereocenters. The van der Waals surface area contributed by atoms with E-state index in [1.807, 2.05) is 0 Å². The van der Waals surface area contributed by atoms with E-state index in [4.69, 9.17) is 0 Å². The number of nitrogens with one attached hydrogen (secondary N) is 1. The zero-order valence-electron chi connectivity index (χ0n) is 11.3. The monoisotopic (exact) mass is 224 g/mol. The smallest absolute Gasteiger partial charge is 0.0224 e. The maximum Gasteiger partial charge on any atom is 0.0224 e. The third kappa shape index (κ3) is 4.67. The Labute approximate surface area is 101 Å². The predicted molar refractivity (Wildman–Crippen MR) is 71.8 cm³/mol. The van der Waals surface area contributed by atoms with Crippen LogP contribution in [-0.4, -0.2) is 36.6 Å². The number of likely N-dealkylation sites (tertiary alicyclic amines) is 1. The Morgan fingerprint density at radius 1 is 1.44 bits per heavy atom. The molecule has 94 valence electrons. The van der Waals surface area contributed by atoms with Crippen LogP contribution in [-0.2, 0) is 0 Å². The minimum atomic E-state index is 0.596. The normalized spacial score (nSPS) is 22.6. The Balaban J connectivity index is 2.40. The fourth-order valence-corrected chi connectivity index (χ4v) is 2.27. The minimum Gasteiger partial charge on any atom is -0.313 e. The number of rotatable bonds is 6. The summed E-state index contributed by atoms with van der Waals surface area (Å²) in [6.07, 6.45) is 5.20. The maximum atomic E-state index is 4.13. The number of nitrogens with zero attached hydrogens (tertiary/aromatic N) is 1. The molecule has 0 spiro atoms. The summed E-state index contributed by atoms with van der Waals surface area (Å²) in [6, 6.07) is 1.32. The molecule has 1 N–H and O–H groups in total. The van der Waals surface area contributed by atoms with E-state index in [0.717, 1.165) is 25.6 Å². The van der Waals surface area contributed by atoms with Crippen LogP contribution >= 0.6 is 0 Å². The van der Waals surface area contributed by atoms with E-state index in [9.17, 15) is 0 Å². The number of hydrogen-bond acceptors (Lipinski definition) is 2. The Kier molecular flexibility index (Phi) is 6.07. The van der Waals surface area contributed by atoms with Crippen LogP contribution < -0.4 is 5.32 Å². The Bertz CT molecular complexity index is 211. The molecule has 1 fully saturated rings. The summed E-state index contributed by atoms with van der Waals surface area (Å²) in [6.45, 7) is 14.3. The van der Waals surface area contributed by atoms with E-state index >= 15 is 0 Å². The van der Waals surface area contributed by atoms with Gasteiger partial charge in [0.15, 0.2) is 0 Å². The van der Waals surface area contributed by atoms with Gasteiger partial charge in [0.05, 0.1) is 0 Å². The highest BCUT2D eigenvalue weighted by atomic mass is 15.2. The van der Waals surface area contributed by atoms with Crippen molar-refractivity contribution in [3.8, 4) is 0 Å². The first-order valence-electron chi connectivity index (χ1n) is 6.77. The van der Waals surface area contributed by atoms with Crippen LogP contribution in [0.25, 0.3) is 0 Å². The summed E-state index contributed by atoms with van der Waals surface area (Å²) in [5, 5.41) is 3.57. The van der Waals surface area contributed by atoms with Crippen molar-refractivity contribution in [1.82, 2.24) is 10.2 Å². The molecule has 0 bridgehead atoms. The first kappa shape index (κ1) is 13.7. The third-order valence-corrected chi connectivity index (χ3v) is 3.44. The van der Waals surface area contributed by atoms with Gasteiger partial charge in [-0.25, -0.2) is 0 Å². The SMILES string of the molecule is C=C(CC)CN1CCCCC1CNC(C)C. The molecular weight excluding hydrogens is 196 g/mol. The molecule has 2 nitrogen and oxygen atoms in total. The van der Waals surface area contributed by atoms with Crippen molar-refractivity contribution in [1.29, 1.82) is 0 Å². The van der Waals surface area contributed by atoms with Gasteiger partial charge in [0.2, 0.25) is 0 Å². The molecule has 1 aliphatic rings. The van der Waals surface area contributed by atoms with Gasteiger partial charge >= 0.3 is 0 Å². The van der Waals surface area contributed by atoms with Gasteiger partial charge in [0.25, 0.3) is 0 Å². The molecule has 0 aromatic heterocycles. The van der Waals surface area contributed by atoms with E-state index < -0.39 is 0 Å². The van der Waals surface area contributed by atoms with Gasteiger partial charge in [0, 0.05) is 25.2 Å². The van der Waals surface area contributed by atoms with Gasteiger partial charge in [-0.15, -0.1) is 0 Å². The highest BCUT2D eigenvalue weighted by Gasteiger charge is 2.22. The lowest BCUT2D eigenvalue weighted by atomic mass is 10.0. The molecule has 0 saturated carbocycles. The molecule has 16 heavy (non-hydrogen) atoms. The topological polar surface area (TPSA) is 15.3 Å². The second kappa shape index (κ2) is 7.08. The lowest BCUT2D eigenvalue weighted by molar-refractivity contribution is 0.155. The van der Waals surface area contributed by atoms with E-state index in [-0.39, 0.29) is 0 Å². The van der Waals surface area contributed by atoms with E-state index in [0.29, 0.717) is 6.04 Å². The summed E-state index contributed by atoms with van der Waals surface area (Å²) in [7, 11) is 0. The van der Waals surface area contributed by atoms with E-state index in [1.54, 1.807) is 0 Å². The molecule has 1 aliphatic heterocycles. The van der Waals surface area contributed by atoms with Crippen molar-refractivity contribution in [3.05, 3.63) is 12.2 Å². The summed E-state index contributed by atoms with van der Waals surface area (Å²) >= 11 is 0. The van der Waals surface area contributed by atoms with Crippen molar-refractivity contribution in [2.45, 2.75) is 58.5 Å². The van der Waals surface area contributed by atoms with Crippen molar-refractivity contribution in [3.63, 3.8) is 0 Å². The van der Waals surface area contributed by atoms with Gasteiger partial charge in [-0.1, -0.05) is 39.3 Å². The fraction of sp³-hybridized carbons (Fsp3) is 0.857. The fourth-order valence-electron chi connectivity index (χ4n) is 2.27. The molecular formula is C14H28N2. The molecule has 1 heterocycles. The number of hydrogen-bond donors (Lipinski definition) is 1. The molecule has 1 unspecified atom stereocenters. The van der Waals surface area contributed by atoms with Gasteiger partial charge in [0.1, 0.15) is 0 Å². The molecule has 2 heteroatoms. The maximum absolute atomic E-state index is 4.13. The van der Waals surface area contributed by atoms with Crippen LogP contribution in [0.2, 0.25) is 0 Å². The summed E-state index contributed by atoms with van der Waals surface area (Å²) in [5.41, 5.74) is 1.37. The van der Waals surface area contributed by atoms with Gasteiger partial charge < -0.3 is 5.32 Å². The molecule has 1 rings (SSSR count). The first-order chi connectivity index (χ1) is 7.63. The van der Waals surface area contributed by atoms with Gasteiger partial charge in [-0.2, -0.15) is 0 Å². The van der Waals surface area contributed by atoms with Crippen LogP contribution in [0.1, 0.15) is 46.5 Å². The molecule has 1 saturated heterocycles. The van der Waals surface area contributed by atoms with Crippen molar-refractivity contribution in [2.75, 3.05) is 19.6 Å². The second-order valence-electron chi connectivity index (χ2n) is 5.29. The zero-order chi connectivity index (χ0) is 12.0. The average molecular weight is 224 g/mol. The zero-order valence-corrected chi connectivity index (χ0v) is 11.3. The minimum absolute atomic E-state index is 0.596. The van der Waals surface area contributed by atoms with Crippen LogP contribution in [0.5, 0.6) is 0 Å². The van der Waals surface area contributed by atoms with Crippen molar-refractivity contribution >= 4 is 0 Å². The molecule has 0 aliphatic carbocycles. The van der Waals surface area contributed by atoms with Crippen LogP contribution in [0.3, 0.4) is 0 Å². The summed E-state index contributed by atoms with van der Waals surface area (Å²) in [4.78, 5) is 2.62. The quantitative estimate of drug-likeness (QED) is 0.698. The Morgan fingerprint density at radius 3 is 2.81 bits per heavy atom. The van der Waals surface area contributed by atoms with E-state index in [1.165, 1.54) is 31.4 Å². The highest BCUT2D eigenvalue weighted by Crippen LogP contribution is 2.18. The first-order valence-corrected chi connectivity index (χ1v) is 6.77. The highest BCUT2D eigenvalue weighted by molar-refractivity contribution is 4.98. The Hall–Kier alpha value is -0.340. The van der Waals surface area contributed by atoms with Crippen molar-refractivity contribution < 1.29 is 0 Å². The standard InChI is InChI=1S/C14H28N2/c1-5-13(4)11-16-9-7-6-8-14(16)10-15-12(2)3/h12,14-15H,4-11H2,1-3H3. The number of piperidine rings is 1. The molecule has 0 radical (unpaired) electrons. The summed E-state index contributed by atoms with van der Waals surface area (Å²) < 4.78 is 0. The largest absolute Gasteiger partial charge is 0.313 e. The molecule has 0 amide bonds. The van der Waals surface area contributed by atoms with Gasteiger partial charge in [-0.3, -0.25) is 4.90 Å². The van der Waals surface area contributed by atoms with Crippen molar-refractivity contribution in [2.24, 2.45) is 0 Å². The van der Waals surface area contributed by atoms with Gasteiger partial charge in [-0.05, 0) is 25.8 Å². The van der Waals surface area contributed by atoms with Crippen LogP contribution in [0, 0.1) is 0 Å². The van der Waals surface area contributed by atoms with Crippen LogP contribution in [0.4, 0.5) is 0 Å².